The molecule has 6 heteroatoms. The number of carbonyl (C=O) groups is 1. The van der Waals surface area contributed by atoms with Crippen LogP contribution in [-0.2, 0) is 0 Å². The Morgan fingerprint density at radius 2 is 2.00 bits per heavy atom. The van der Waals surface area contributed by atoms with Gasteiger partial charge in [0.15, 0.2) is 0 Å². The predicted molar refractivity (Wildman–Crippen MR) is 100 cm³/mol. The van der Waals surface area contributed by atoms with Crippen molar-refractivity contribution in [2.75, 3.05) is 39.3 Å². The van der Waals surface area contributed by atoms with E-state index in [1.807, 2.05) is 21.8 Å². The molecule has 0 radical (unpaired) electrons. The number of carbonyl (C=O) groups excluding carboxylic acids is 1. The fraction of sp³-hybridized carbons (Fsp3) is 0.800. The Balaban J connectivity index is 1.17. The summed E-state index contributed by atoms with van der Waals surface area (Å²) in [5.41, 5.74) is 0.615. The molecule has 142 valence electrons. The predicted octanol–water partition coefficient (Wildman–Crippen LogP) is 1.75. The van der Waals surface area contributed by atoms with E-state index in [2.05, 4.69) is 15.3 Å². The Hall–Kier alpha value is -1.40. The van der Waals surface area contributed by atoms with E-state index in [0.29, 0.717) is 11.7 Å². The SMILES string of the molecule is O=C(c1ccn(C2CCCNC2)n1)N1CCN(C2CC3CCC2C3)CC1. The van der Waals surface area contributed by atoms with Crippen LogP contribution in [0.1, 0.15) is 55.1 Å². The number of aromatic nitrogens is 2. The summed E-state index contributed by atoms with van der Waals surface area (Å²) >= 11 is 0. The van der Waals surface area contributed by atoms with Crippen molar-refractivity contribution in [2.24, 2.45) is 11.8 Å². The molecule has 4 aliphatic rings. The molecule has 6 nitrogen and oxygen atoms in total. The average molecular weight is 358 g/mol. The number of hydrogen-bond acceptors (Lipinski definition) is 4. The molecule has 1 amide bonds. The summed E-state index contributed by atoms with van der Waals surface area (Å²) in [5, 5.41) is 8.02. The molecule has 2 saturated carbocycles. The van der Waals surface area contributed by atoms with Crippen molar-refractivity contribution in [1.82, 2.24) is 24.9 Å². The van der Waals surface area contributed by atoms with Crippen LogP contribution in [0.25, 0.3) is 0 Å². The minimum atomic E-state index is 0.111. The summed E-state index contributed by atoms with van der Waals surface area (Å²) in [6.45, 7) is 5.82. The van der Waals surface area contributed by atoms with Gasteiger partial charge >= 0.3 is 0 Å². The van der Waals surface area contributed by atoms with Crippen LogP contribution in [0, 0.1) is 11.8 Å². The van der Waals surface area contributed by atoms with Gasteiger partial charge < -0.3 is 10.2 Å². The molecule has 26 heavy (non-hydrogen) atoms. The first-order valence-corrected chi connectivity index (χ1v) is 10.6. The van der Waals surface area contributed by atoms with Crippen LogP contribution >= 0.6 is 0 Å². The second-order valence-corrected chi connectivity index (χ2v) is 8.75. The monoisotopic (exact) mass is 357 g/mol. The van der Waals surface area contributed by atoms with Crippen LogP contribution in [0.3, 0.4) is 0 Å². The van der Waals surface area contributed by atoms with Crippen LogP contribution < -0.4 is 5.32 Å². The van der Waals surface area contributed by atoms with Crippen LogP contribution in [0.5, 0.6) is 0 Å². The van der Waals surface area contributed by atoms with Gasteiger partial charge in [-0.2, -0.15) is 5.10 Å². The van der Waals surface area contributed by atoms with Crippen molar-refractivity contribution in [2.45, 2.75) is 50.6 Å². The molecule has 2 aliphatic heterocycles. The summed E-state index contributed by atoms with van der Waals surface area (Å²) in [4.78, 5) is 17.5. The summed E-state index contributed by atoms with van der Waals surface area (Å²) in [6.07, 6.45) is 10.1. The van der Waals surface area contributed by atoms with Gasteiger partial charge in [-0.1, -0.05) is 6.42 Å². The minimum absolute atomic E-state index is 0.111. The molecule has 4 fully saturated rings. The standard InChI is InChI=1S/C20H31N5O/c26-20(18-5-7-25(22-18)17-2-1-6-21-14-17)24-10-8-23(9-11-24)19-13-15-3-4-16(19)12-15/h5,7,15-17,19,21H,1-4,6,8-14H2. The third kappa shape index (κ3) is 3.07. The number of nitrogens with one attached hydrogen (secondary N) is 1. The highest BCUT2D eigenvalue weighted by Crippen LogP contribution is 2.46. The zero-order valence-electron chi connectivity index (χ0n) is 15.6. The quantitative estimate of drug-likeness (QED) is 0.896. The van der Waals surface area contributed by atoms with E-state index in [0.717, 1.165) is 63.6 Å². The van der Waals surface area contributed by atoms with E-state index in [1.165, 1.54) is 32.1 Å². The second-order valence-electron chi connectivity index (χ2n) is 8.75. The van der Waals surface area contributed by atoms with Gasteiger partial charge in [-0.3, -0.25) is 14.4 Å². The largest absolute Gasteiger partial charge is 0.335 e. The number of piperidine rings is 1. The van der Waals surface area contributed by atoms with Gasteiger partial charge in [0.25, 0.3) is 5.91 Å². The van der Waals surface area contributed by atoms with Crippen molar-refractivity contribution in [3.05, 3.63) is 18.0 Å². The van der Waals surface area contributed by atoms with Gasteiger partial charge in [-0.25, -0.2) is 0 Å². The lowest BCUT2D eigenvalue weighted by Crippen LogP contribution is -2.53. The molecule has 4 atom stereocenters. The number of nitrogens with zero attached hydrogens (tertiary/aromatic N) is 4. The Bertz CT molecular complexity index is 644. The van der Waals surface area contributed by atoms with Crippen LogP contribution in [0.15, 0.2) is 12.3 Å². The van der Waals surface area contributed by atoms with E-state index in [-0.39, 0.29) is 5.91 Å². The second kappa shape index (κ2) is 6.97. The molecule has 1 aromatic rings. The van der Waals surface area contributed by atoms with Crippen LogP contribution in [0.2, 0.25) is 0 Å². The van der Waals surface area contributed by atoms with Crippen LogP contribution in [0.4, 0.5) is 0 Å². The van der Waals surface area contributed by atoms with Crippen LogP contribution in [-0.4, -0.2) is 70.8 Å². The maximum Gasteiger partial charge on any atom is 0.274 e. The van der Waals surface area contributed by atoms with E-state index < -0.39 is 0 Å². The normalized spacial score (nSPS) is 35.2. The number of piperazine rings is 1. The Morgan fingerprint density at radius 3 is 2.69 bits per heavy atom. The molecule has 0 spiro atoms. The van der Waals surface area contributed by atoms with Gasteiger partial charge in [0, 0.05) is 45.0 Å². The molecule has 3 heterocycles. The number of hydrogen-bond donors (Lipinski definition) is 1. The molecule has 0 aromatic carbocycles. The van der Waals surface area contributed by atoms with E-state index in [1.54, 1.807) is 0 Å². The smallest absolute Gasteiger partial charge is 0.274 e. The molecule has 2 bridgehead atoms. The van der Waals surface area contributed by atoms with Gasteiger partial charge in [0.05, 0.1) is 6.04 Å². The summed E-state index contributed by atoms with van der Waals surface area (Å²) in [6, 6.07) is 3.09. The molecule has 2 saturated heterocycles. The molecule has 5 rings (SSSR count). The Kier molecular flexibility index (Phi) is 4.49. The lowest BCUT2D eigenvalue weighted by atomic mass is 9.93. The maximum absolute atomic E-state index is 12.9. The van der Waals surface area contributed by atoms with E-state index in [9.17, 15) is 4.79 Å². The van der Waals surface area contributed by atoms with Gasteiger partial charge in [-0.15, -0.1) is 0 Å². The molecule has 2 aliphatic carbocycles. The van der Waals surface area contributed by atoms with Crippen molar-refractivity contribution in [1.29, 1.82) is 0 Å². The first-order chi connectivity index (χ1) is 12.8. The van der Waals surface area contributed by atoms with Gasteiger partial charge in [-0.05, 0) is 56.6 Å². The highest BCUT2D eigenvalue weighted by Gasteiger charge is 2.43. The zero-order valence-corrected chi connectivity index (χ0v) is 15.6. The van der Waals surface area contributed by atoms with E-state index in [4.69, 9.17) is 0 Å². The third-order valence-electron chi connectivity index (χ3n) is 7.24. The van der Waals surface area contributed by atoms with Gasteiger partial charge in [0.2, 0.25) is 0 Å². The van der Waals surface area contributed by atoms with Crippen molar-refractivity contribution in [3.63, 3.8) is 0 Å². The highest BCUT2D eigenvalue weighted by atomic mass is 16.2. The fourth-order valence-electron chi connectivity index (χ4n) is 5.79. The summed E-state index contributed by atoms with van der Waals surface area (Å²) in [7, 11) is 0. The Morgan fingerprint density at radius 1 is 1.12 bits per heavy atom. The lowest BCUT2D eigenvalue weighted by Gasteiger charge is -2.40. The molecule has 1 aromatic heterocycles. The van der Waals surface area contributed by atoms with Crippen molar-refractivity contribution >= 4 is 5.91 Å². The van der Waals surface area contributed by atoms with Gasteiger partial charge in [0.1, 0.15) is 5.69 Å². The van der Waals surface area contributed by atoms with E-state index >= 15 is 0 Å². The summed E-state index contributed by atoms with van der Waals surface area (Å²) < 4.78 is 1.99. The van der Waals surface area contributed by atoms with Crippen molar-refractivity contribution in [3.8, 4) is 0 Å². The molecular weight excluding hydrogens is 326 g/mol. The first-order valence-electron chi connectivity index (χ1n) is 10.6. The van der Waals surface area contributed by atoms with Crippen molar-refractivity contribution < 1.29 is 4.79 Å². The minimum Gasteiger partial charge on any atom is -0.335 e. The molecule has 1 N–H and O–H groups in total. The lowest BCUT2D eigenvalue weighted by molar-refractivity contribution is 0.0490. The topological polar surface area (TPSA) is 53.4 Å². The number of rotatable bonds is 3. The first kappa shape index (κ1) is 16.8. The molecule has 4 unspecified atom stereocenters. The summed E-state index contributed by atoms with van der Waals surface area (Å²) in [5.74, 6) is 2.03. The molecular formula is C20H31N5O. The third-order valence-corrected chi connectivity index (χ3v) is 7.24. The number of amides is 1. The fourth-order valence-corrected chi connectivity index (χ4v) is 5.79. The zero-order chi connectivity index (χ0) is 17.5. The highest BCUT2D eigenvalue weighted by molar-refractivity contribution is 5.92. The average Bonchev–Trinajstić information content (AvgIpc) is 3.45. The Labute approximate surface area is 155 Å². The maximum atomic E-state index is 12.9. The number of fused-ring (bicyclic) bond motifs is 2.